The first-order valence-electron chi connectivity index (χ1n) is 9.03. The highest BCUT2D eigenvalue weighted by Crippen LogP contribution is 2.13. The molecule has 27 heavy (non-hydrogen) atoms. The molecule has 1 aromatic carbocycles. The van der Waals surface area contributed by atoms with Crippen molar-refractivity contribution in [3.05, 3.63) is 53.1 Å². The van der Waals surface area contributed by atoms with Gasteiger partial charge < -0.3 is 10.6 Å². The first-order valence-corrected chi connectivity index (χ1v) is 9.03. The molecule has 0 unspecified atom stereocenters. The van der Waals surface area contributed by atoms with E-state index in [4.69, 9.17) is 0 Å². The third-order valence-corrected chi connectivity index (χ3v) is 4.46. The molecule has 0 spiro atoms. The molecule has 2 amide bonds. The van der Waals surface area contributed by atoms with Crippen LogP contribution in [-0.4, -0.2) is 46.1 Å². The van der Waals surface area contributed by atoms with Crippen LogP contribution in [0.1, 0.15) is 23.9 Å². The summed E-state index contributed by atoms with van der Waals surface area (Å²) in [6.07, 6.45) is 0.672. The molecule has 8 heteroatoms. The largest absolute Gasteiger partial charge is 0.355 e. The lowest BCUT2D eigenvalue weighted by Gasteiger charge is -2.26. The summed E-state index contributed by atoms with van der Waals surface area (Å²) in [6.45, 7) is 4.87. The van der Waals surface area contributed by atoms with Gasteiger partial charge in [-0.2, -0.15) is 5.10 Å². The number of nitrogens with zero attached hydrogens (tertiary/aromatic N) is 3. The van der Waals surface area contributed by atoms with Crippen molar-refractivity contribution in [1.82, 2.24) is 25.3 Å². The number of fused-ring (bicyclic) bond motifs is 1. The van der Waals surface area contributed by atoms with Crippen LogP contribution < -0.4 is 10.6 Å². The van der Waals surface area contributed by atoms with Gasteiger partial charge in [-0.05, 0) is 30.2 Å². The molecule has 144 valence electrons. The van der Waals surface area contributed by atoms with Crippen molar-refractivity contribution in [2.75, 3.05) is 19.6 Å². The van der Waals surface area contributed by atoms with Crippen LogP contribution in [0.3, 0.4) is 0 Å². The molecule has 0 bridgehead atoms. The van der Waals surface area contributed by atoms with Crippen LogP contribution >= 0.6 is 0 Å². The molecule has 2 aromatic rings. The SMILES string of the molecule is CC(=O)NCc1cc2n(n1)CCN(CC(=O)NCCc1ccc(F)cc1)C2. The van der Waals surface area contributed by atoms with Crippen molar-refractivity contribution in [3.8, 4) is 0 Å². The number of carbonyl (C=O) groups excluding carboxylic acids is 2. The molecular weight excluding hydrogens is 349 g/mol. The van der Waals surface area contributed by atoms with Crippen LogP contribution in [-0.2, 0) is 35.6 Å². The Labute approximate surface area is 157 Å². The van der Waals surface area contributed by atoms with E-state index >= 15 is 0 Å². The molecule has 0 aliphatic carbocycles. The molecule has 1 aliphatic rings. The number of aromatic nitrogens is 2. The zero-order valence-corrected chi connectivity index (χ0v) is 15.4. The summed E-state index contributed by atoms with van der Waals surface area (Å²) < 4.78 is 14.8. The van der Waals surface area contributed by atoms with E-state index in [1.54, 1.807) is 12.1 Å². The number of nitrogens with one attached hydrogen (secondary N) is 2. The molecule has 1 aliphatic heterocycles. The van der Waals surface area contributed by atoms with Gasteiger partial charge in [0.15, 0.2) is 0 Å². The molecule has 2 N–H and O–H groups in total. The number of hydrogen-bond donors (Lipinski definition) is 2. The lowest BCUT2D eigenvalue weighted by molar-refractivity contribution is -0.122. The quantitative estimate of drug-likeness (QED) is 0.754. The number of hydrogen-bond acceptors (Lipinski definition) is 4. The maximum Gasteiger partial charge on any atom is 0.234 e. The van der Waals surface area contributed by atoms with Gasteiger partial charge in [-0.15, -0.1) is 0 Å². The normalized spacial score (nSPS) is 13.9. The molecule has 0 radical (unpaired) electrons. The van der Waals surface area contributed by atoms with Gasteiger partial charge in [0.2, 0.25) is 11.8 Å². The Balaban J connectivity index is 1.42. The molecule has 1 aromatic heterocycles. The van der Waals surface area contributed by atoms with E-state index in [1.807, 2.05) is 10.7 Å². The molecule has 2 heterocycles. The lowest BCUT2D eigenvalue weighted by Crippen LogP contribution is -2.41. The molecular formula is C19H24FN5O2. The minimum absolute atomic E-state index is 0.0245. The van der Waals surface area contributed by atoms with Gasteiger partial charge in [0, 0.05) is 26.6 Å². The third-order valence-electron chi connectivity index (χ3n) is 4.46. The standard InChI is InChI=1S/C19H24FN5O2/c1-14(26)22-11-17-10-18-12-24(8-9-25(18)23-17)13-19(27)21-7-6-15-2-4-16(20)5-3-15/h2-5,10H,6-9,11-13H2,1H3,(H,21,27)(H,22,26). The highest BCUT2D eigenvalue weighted by Gasteiger charge is 2.20. The van der Waals surface area contributed by atoms with Crippen molar-refractivity contribution in [2.45, 2.75) is 33.0 Å². The monoisotopic (exact) mass is 373 g/mol. The van der Waals surface area contributed by atoms with Crippen LogP contribution in [0.25, 0.3) is 0 Å². The zero-order valence-electron chi connectivity index (χ0n) is 15.4. The fourth-order valence-electron chi connectivity index (χ4n) is 3.07. The maximum atomic E-state index is 12.9. The molecule has 0 fully saturated rings. The van der Waals surface area contributed by atoms with E-state index < -0.39 is 0 Å². The van der Waals surface area contributed by atoms with Crippen LogP contribution in [0, 0.1) is 5.82 Å². The fourth-order valence-corrected chi connectivity index (χ4v) is 3.07. The van der Waals surface area contributed by atoms with E-state index in [1.165, 1.54) is 19.1 Å². The summed E-state index contributed by atoms with van der Waals surface area (Å²) in [5.41, 5.74) is 2.86. The number of benzene rings is 1. The van der Waals surface area contributed by atoms with Crippen molar-refractivity contribution < 1.29 is 14.0 Å². The Morgan fingerprint density at radius 1 is 1.19 bits per heavy atom. The Bertz CT molecular complexity index is 803. The van der Waals surface area contributed by atoms with Gasteiger partial charge in [0.25, 0.3) is 0 Å². The minimum Gasteiger partial charge on any atom is -0.355 e. The van der Waals surface area contributed by atoms with Gasteiger partial charge in [-0.25, -0.2) is 4.39 Å². The van der Waals surface area contributed by atoms with Crippen molar-refractivity contribution in [2.24, 2.45) is 0 Å². The van der Waals surface area contributed by atoms with E-state index in [-0.39, 0.29) is 17.6 Å². The highest BCUT2D eigenvalue weighted by molar-refractivity contribution is 5.78. The predicted octanol–water partition coefficient (Wildman–Crippen LogP) is 0.833. The molecule has 0 saturated heterocycles. The first-order chi connectivity index (χ1) is 13.0. The van der Waals surface area contributed by atoms with Gasteiger partial charge in [0.05, 0.1) is 31.0 Å². The average molecular weight is 373 g/mol. The second-order valence-electron chi connectivity index (χ2n) is 6.70. The summed E-state index contributed by atoms with van der Waals surface area (Å²) in [7, 11) is 0. The van der Waals surface area contributed by atoms with Gasteiger partial charge in [-0.1, -0.05) is 12.1 Å². The number of amides is 2. The fraction of sp³-hybridized carbons (Fsp3) is 0.421. The van der Waals surface area contributed by atoms with Crippen molar-refractivity contribution >= 4 is 11.8 Å². The molecule has 0 atom stereocenters. The zero-order chi connectivity index (χ0) is 19.2. The first kappa shape index (κ1) is 19.0. The second kappa shape index (κ2) is 8.77. The molecule has 0 saturated carbocycles. The second-order valence-corrected chi connectivity index (χ2v) is 6.70. The smallest absolute Gasteiger partial charge is 0.234 e. The van der Waals surface area contributed by atoms with Crippen molar-refractivity contribution in [3.63, 3.8) is 0 Å². The Kier molecular flexibility index (Phi) is 6.18. The highest BCUT2D eigenvalue weighted by atomic mass is 19.1. The Morgan fingerprint density at radius 3 is 2.70 bits per heavy atom. The maximum absolute atomic E-state index is 12.9. The van der Waals surface area contributed by atoms with Crippen molar-refractivity contribution in [1.29, 1.82) is 0 Å². The van der Waals surface area contributed by atoms with E-state index in [0.29, 0.717) is 32.6 Å². The molecule has 3 rings (SSSR count). The summed E-state index contributed by atoms with van der Waals surface area (Å²) >= 11 is 0. The summed E-state index contributed by atoms with van der Waals surface area (Å²) in [5, 5.41) is 10.1. The minimum atomic E-state index is -0.257. The van der Waals surface area contributed by atoms with Crippen LogP contribution in [0.2, 0.25) is 0 Å². The number of halogens is 1. The van der Waals surface area contributed by atoms with Gasteiger partial charge in [0.1, 0.15) is 5.82 Å². The number of carbonyl (C=O) groups is 2. The Hall–Kier alpha value is -2.74. The summed E-state index contributed by atoms with van der Waals surface area (Å²) in [4.78, 5) is 25.3. The van der Waals surface area contributed by atoms with Crippen LogP contribution in [0.4, 0.5) is 4.39 Å². The summed E-state index contributed by atoms with van der Waals surface area (Å²) in [5.74, 6) is -0.365. The van der Waals surface area contributed by atoms with E-state index in [0.717, 1.165) is 30.0 Å². The van der Waals surface area contributed by atoms with Crippen LogP contribution in [0.15, 0.2) is 30.3 Å². The van der Waals surface area contributed by atoms with Gasteiger partial charge in [-0.3, -0.25) is 19.2 Å². The Morgan fingerprint density at radius 2 is 1.96 bits per heavy atom. The predicted molar refractivity (Wildman–Crippen MR) is 98.1 cm³/mol. The topological polar surface area (TPSA) is 79.3 Å². The third kappa shape index (κ3) is 5.62. The average Bonchev–Trinajstić information content (AvgIpc) is 3.04. The van der Waals surface area contributed by atoms with E-state index in [9.17, 15) is 14.0 Å². The molecule has 7 nitrogen and oxygen atoms in total. The van der Waals surface area contributed by atoms with Gasteiger partial charge >= 0.3 is 0 Å². The lowest BCUT2D eigenvalue weighted by atomic mass is 10.1. The number of rotatable bonds is 7. The van der Waals surface area contributed by atoms with Crippen LogP contribution in [0.5, 0.6) is 0 Å². The summed E-state index contributed by atoms with van der Waals surface area (Å²) in [6, 6.07) is 8.27. The van der Waals surface area contributed by atoms with E-state index in [2.05, 4.69) is 20.6 Å².